The molecular weight excluding hydrogens is 164 g/mol. The topological polar surface area (TPSA) is 90.9 Å². The van der Waals surface area contributed by atoms with E-state index in [9.17, 15) is 14.9 Å². The van der Waals surface area contributed by atoms with Crippen LogP contribution < -0.4 is 0 Å². The molecule has 0 aliphatic rings. The fourth-order valence-electron chi connectivity index (χ4n) is 0.648. The van der Waals surface area contributed by atoms with Gasteiger partial charge in [-0.2, -0.15) is 0 Å². The van der Waals surface area contributed by atoms with Crippen LogP contribution in [0, 0.1) is 10.1 Å². The van der Waals surface area contributed by atoms with Crippen LogP contribution in [0.5, 0.6) is 0 Å². The molecule has 0 fully saturated rings. The molecule has 0 aliphatic carbocycles. The number of aryl methyl sites for hydroxylation is 1. The Bertz CT molecular complexity index is 295. The summed E-state index contributed by atoms with van der Waals surface area (Å²) in [5.41, 5.74) is 0. The summed E-state index contributed by atoms with van der Waals surface area (Å²) in [5.74, 6) is -0.305. The van der Waals surface area contributed by atoms with Crippen LogP contribution in [0.2, 0.25) is 0 Å². The second-order valence-corrected chi connectivity index (χ2v) is 2.01. The first-order valence-electron chi connectivity index (χ1n) is 3.22. The second-order valence-electron chi connectivity index (χ2n) is 2.01. The third-order valence-electron chi connectivity index (χ3n) is 1.16. The first kappa shape index (κ1) is 8.31. The average molecular weight is 170 g/mol. The number of carbonyl (C=O) groups is 1. The summed E-state index contributed by atoms with van der Waals surface area (Å²) in [4.78, 5) is 20.5. The highest BCUT2D eigenvalue weighted by atomic mass is 16.6. The van der Waals surface area contributed by atoms with Crippen molar-refractivity contribution in [1.29, 1.82) is 0 Å². The Kier molecular flexibility index (Phi) is 2.46. The smallest absolute Gasteiger partial charge is 0.358 e. The monoisotopic (exact) mass is 170 g/mol. The summed E-state index contributed by atoms with van der Waals surface area (Å²) in [7, 11) is 0. The van der Waals surface area contributed by atoms with E-state index in [1.807, 2.05) is 0 Å². The third kappa shape index (κ3) is 1.84. The molecular formula is C5H6N4O3. The molecule has 0 radical (unpaired) electrons. The van der Waals surface area contributed by atoms with Crippen molar-refractivity contribution in [2.75, 3.05) is 0 Å². The molecule has 12 heavy (non-hydrogen) atoms. The van der Waals surface area contributed by atoms with Crippen molar-refractivity contribution >= 4 is 12.1 Å². The minimum absolute atomic E-state index is 0.256. The van der Waals surface area contributed by atoms with Crippen LogP contribution in [-0.2, 0) is 11.3 Å². The Morgan fingerprint density at radius 2 is 2.50 bits per heavy atom. The molecule has 1 heterocycles. The number of aromatic nitrogens is 3. The van der Waals surface area contributed by atoms with Gasteiger partial charge in [-0.25, -0.2) is 0 Å². The van der Waals surface area contributed by atoms with Gasteiger partial charge in [0, 0.05) is 6.42 Å². The van der Waals surface area contributed by atoms with Crippen LogP contribution in [0.3, 0.4) is 0 Å². The maximum absolute atomic E-state index is 10.1. The Morgan fingerprint density at radius 3 is 3.00 bits per heavy atom. The number of rotatable bonds is 4. The lowest BCUT2D eigenvalue weighted by atomic mass is 10.5. The Balaban J connectivity index is 2.64. The van der Waals surface area contributed by atoms with Gasteiger partial charge < -0.3 is 14.9 Å². The molecule has 64 valence electrons. The molecule has 0 unspecified atom stereocenters. The molecule has 1 aromatic rings. The zero-order valence-electron chi connectivity index (χ0n) is 6.08. The van der Waals surface area contributed by atoms with Crippen LogP contribution >= 0.6 is 0 Å². The SMILES string of the molecule is O=CCCn1ncc([N+](=O)[O-])n1. The molecule has 7 nitrogen and oxygen atoms in total. The van der Waals surface area contributed by atoms with Crippen molar-refractivity contribution in [3.05, 3.63) is 16.3 Å². The van der Waals surface area contributed by atoms with Crippen LogP contribution in [0.1, 0.15) is 6.42 Å². The van der Waals surface area contributed by atoms with Crippen molar-refractivity contribution in [1.82, 2.24) is 15.0 Å². The minimum Gasteiger partial charge on any atom is -0.358 e. The predicted molar refractivity (Wildman–Crippen MR) is 37.4 cm³/mol. The fraction of sp³-hybridized carbons (Fsp3) is 0.400. The predicted octanol–water partition coefficient (Wildman–Crippen LogP) is -0.225. The van der Waals surface area contributed by atoms with Crippen molar-refractivity contribution in [3.63, 3.8) is 0 Å². The molecule has 0 aromatic carbocycles. The lowest BCUT2D eigenvalue weighted by Gasteiger charge is -1.85. The number of aldehydes is 1. The Morgan fingerprint density at radius 1 is 1.75 bits per heavy atom. The second kappa shape index (κ2) is 3.56. The molecule has 0 amide bonds. The quantitative estimate of drug-likeness (QED) is 0.353. The standard InChI is InChI=1S/C5H6N4O3/c10-3-1-2-8-6-4-5(7-8)9(11)12/h3-4H,1-2H2. The fourth-order valence-corrected chi connectivity index (χ4v) is 0.648. The van der Waals surface area contributed by atoms with Crippen molar-refractivity contribution in [2.24, 2.45) is 0 Å². The molecule has 0 bridgehead atoms. The number of carbonyl (C=O) groups excluding carboxylic acids is 1. The Hall–Kier alpha value is -1.79. The largest absolute Gasteiger partial charge is 0.410 e. The number of hydrogen-bond acceptors (Lipinski definition) is 5. The van der Waals surface area contributed by atoms with Gasteiger partial charge in [-0.05, 0) is 4.92 Å². The number of nitro groups is 1. The van der Waals surface area contributed by atoms with E-state index in [-0.39, 0.29) is 18.8 Å². The van der Waals surface area contributed by atoms with E-state index in [1.165, 1.54) is 0 Å². The Labute approximate surface area is 67.1 Å². The van der Waals surface area contributed by atoms with Gasteiger partial charge in [-0.3, -0.25) is 0 Å². The molecule has 1 rings (SSSR count). The van der Waals surface area contributed by atoms with Gasteiger partial charge in [0.15, 0.2) is 6.20 Å². The third-order valence-corrected chi connectivity index (χ3v) is 1.16. The normalized spacial score (nSPS) is 9.67. The van der Waals surface area contributed by atoms with Gasteiger partial charge in [-0.1, -0.05) is 4.80 Å². The molecule has 0 atom stereocenters. The lowest BCUT2D eigenvalue weighted by Crippen LogP contribution is -2.02. The van der Waals surface area contributed by atoms with Crippen LogP contribution in [0.15, 0.2) is 6.20 Å². The molecule has 0 aliphatic heterocycles. The number of hydrogen-bond donors (Lipinski definition) is 0. The zero-order valence-corrected chi connectivity index (χ0v) is 6.08. The van der Waals surface area contributed by atoms with E-state index >= 15 is 0 Å². The van der Waals surface area contributed by atoms with E-state index in [0.29, 0.717) is 6.29 Å². The van der Waals surface area contributed by atoms with Gasteiger partial charge in [0.2, 0.25) is 0 Å². The summed E-state index contributed by atoms with van der Waals surface area (Å²) in [6, 6.07) is 0. The maximum atomic E-state index is 10.1. The van der Waals surface area contributed by atoms with Crippen LogP contribution in [0.4, 0.5) is 5.82 Å². The number of nitrogens with zero attached hydrogens (tertiary/aromatic N) is 4. The zero-order chi connectivity index (χ0) is 8.97. The first-order valence-corrected chi connectivity index (χ1v) is 3.22. The minimum atomic E-state index is -0.635. The molecule has 1 aromatic heterocycles. The molecule has 0 saturated carbocycles. The molecule has 0 N–H and O–H groups in total. The van der Waals surface area contributed by atoms with Crippen molar-refractivity contribution < 1.29 is 9.72 Å². The van der Waals surface area contributed by atoms with E-state index in [0.717, 1.165) is 11.0 Å². The van der Waals surface area contributed by atoms with Crippen LogP contribution in [-0.4, -0.2) is 26.2 Å². The summed E-state index contributed by atoms with van der Waals surface area (Å²) >= 11 is 0. The summed E-state index contributed by atoms with van der Waals surface area (Å²) in [6.45, 7) is 0.275. The average Bonchev–Trinajstić information content (AvgIpc) is 2.48. The molecule has 0 spiro atoms. The van der Waals surface area contributed by atoms with Crippen molar-refractivity contribution in [2.45, 2.75) is 13.0 Å². The summed E-state index contributed by atoms with van der Waals surface area (Å²) in [6.07, 6.45) is 2.01. The lowest BCUT2D eigenvalue weighted by molar-refractivity contribution is -0.389. The van der Waals surface area contributed by atoms with Crippen LogP contribution in [0.25, 0.3) is 0 Å². The van der Waals surface area contributed by atoms with Gasteiger partial charge >= 0.3 is 5.82 Å². The van der Waals surface area contributed by atoms with Gasteiger partial charge in [0.05, 0.1) is 11.6 Å². The summed E-state index contributed by atoms with van der Waals surface area (Å²) < 4.78 is 0. The molecule has 7 heteroatoms. The van der Waals surface area contributed by atoms with E-state index in [1.54, 1.807) is 0 Å². The van der Waals surface area contributed by atoms with Crippen molar-refractivity contribution in [3.8, 4) is 0 Å². The molecule has 0 saturated heterocycles. The van der Waals surface area contributed by atoms with Gasteiger partial charge in [0.25, 0.3) is 0 Å². The first-order chi connectivity index (χ1) is 5.74. The maximum Gasteiger partial charge on any atom is 0.410 e. The highest BCUT2D eigenvalue weighted by molar-refractivity contribution is 5.48. The highest BCUT2D eigenvalue weighted by Crippen LogP contribution is 2.01. The van der Waals surface area contributed by atoms with Gasteiger partial charge in [-0.15, -0.1) is 5.10 Å². The van der Waals surface area contributed by atoms with E-state index in [2.05, 4.69) is 10.2 Å². The highest BCUT2D eigenvalue weighted by Gasteiger charge is 2.11. The van der Waals surface area contributed by atoms with E-state index < -0.39 is 4.92 Å². The van der Waals surface area contributed by atoms with Gasteiger partial charge in [0.1, 0.15) is 6.29 Å². The van der Waals surface area contributed by atoms with E-state index in [4.69, 9.17) is 0 Å². The summed E-state index contributed by atoms with van der Waals surface area (Å²) in [5, 5.41) is 17.2.